The van der Waals surface area contributed by atoms with Crippen LogP contribution in [0, 0.1) is 0 Å². The van der Waals surface area contributed by atoms with Gasteiger partial charge in [0.15, 0.2) is 0 Å². The lowest BCUT2D eigenvalue weighted by Crippen LogP contribution is -2.50. The van der Waals surface area contributed by atoms with Crippen LogP contribution in [0.25, 0.3) is 0 Å². The molecule has 2 atom stereocenters. The molecule has 0 saturated carbocycles. The summed E-state index contributed by atoms with van der Waals surface area (Å²) < 4.78 is 0. The molecule has 0 aromatic heterocycles. The van der Waals surface area contributed by atoms with E-state index in [2.05, 4.69) is 17.9 Å². The first kappa shape index (κ1) is 25.3. The molecule has 2 amide bonds. The number of rotatable bonds is 14. The minimum atomic E-state index is -1.37. The molecule has 12 heteroatoms. The van der Waals surface area contributed by atoms with E-state index >= 15 is 0 Å². The molecule has 0 aromatic rings. The average Bonchev–Trinajstić information content (AvgIpc) is 2.64. The van der Waals surface area contributed by atoms with Gasteiger partial charge in [0.05, 0.1) is 0 Å². The highest BCUT2D eigenvalue weighted by Gasteiger charge is 2.29. The second kappa shape index (κ2) is 13.4. The van der Waals surface area contributed by atoms with Crippen molar-refractivity contribution in [3.05, 3.63) is 11.8 Å². The molecule has 28 heavy (non-hydrogen) atoms. The number of hydrogen-bond donors (Lipinski definition) is 5. The highest BCUT2D eigenvalue weighted by atomic mass is 32.1. The Hall–Kier alpha value is -2.73. The molecule has 0 aliphatic carbocycles. The normalized spacial score (nSPS) is 13.1. The van der Waals surface area contributed by atoms with Crippen molar-refractivity contribution >= 4 is 49.0 Å². The van der Waals surface area contributed by atoms with Gasteiger partial charge in [0.25, 0.3) is 5.91 Å². The summed E-state index contributed by atoms with van der Waals surface area (Å²) in [4.78, 5) is 68.6. The van der Waals surface area contributed by atoms with Crippen LogP contribution >= 0.6 is 12.6 Å². The summed E-state index contributed by atoms with van der Waals surface area (Å²) in [5, 5.41) is 20.1. The molecular formula is C16H23N3O8S. The molecular weight excluding hydrogens is 394 g/mol. The van der Waals surface area contributed by atoms with E-state index in [-0.39, 0.29) is 37.1 Å². The zero-order valence-electron chi connectivity index (χ0n) is 14.9. The van der Waals surface area contributed by atoms with Crippen LogP contribution in [-0.4, -0.2) is 75.8 Å². The number of nitrogens with two attached hydrogens (primary N) is 1. The Morgan fingerprint density at radius 2 is 1.79 bits per heavy atom. The standard InChI is InChI=1S/C16H23N3O8S/c17-11(16(26)27)3-4-13(22)18-12(9-28)15(25)19(8-14(23)24)10(5-7-21)2-1-6-20/h5-7,11-12,28H,1-4,8-9,17H2,(H,18,22)(H,23,24)(H,26,27). The van der Waals surface area contributed by atoms with Crippen molar-refractivity contribution in [3.63, 3.8) is 0 Å². The van der Waals surface area contributed by atoms with Crippen LogP contribution in [0.1, 0.15) is 25.7 Å². The SMILES string of the molecule is NC(CCC(=O)NC(CS)C(=O)N(CC(=O)O)C(=CC=O)CCC=O)C(=O)O. The van der Waals surface area contributed by atoms with Crippen molar-refractivity contribution < 1.29 is 39.0 Å². The van der Waals surface area contributed by atoms with Crippen molar-refractivity contribution in [2.75, 3.05) is 12.3 Å². The van der Waals surface area contributed by atoms with Crippen LogP contribution in [0.15, 0.2) is 11.8 Å². The van der Waals surface area contributed by atoms with Gasteiger partial charge in [-0.3, -0.25) is 24.0 Å². The van der Waals surface area contributed by atoms with E-state index in [1.165, 1.54) is 0 Å². The maximum absolute atomic E-state index is 12.7. The van der Waals surface area contributed by atoms with Crippen molar-refractivity contribution in [3.8, 4) is 0 Å². The summed E-state index contributed by atoms with van der Waals surface area (Å²) in [6.45, 7) is -0.790. The molecule has 0 saturated heterocycles. The number of amides is 2. The van der Waals surface area contributed by atoms with E-state index in [9.17, 15) is 28.8 Å². The fourth-order valence-electron chi connectivity index (χ4n) is 2.10. The van der Waals surface area contributed by atoms with Crippen LogP contribution in [0.5, 0.6) is 0 Å². The molecule has 0 aliphatic heterocycles. The molecule has 2 unspecified atom stereocenters. The smallest absolute Gasteiger partial charge is 0.323 e. The molecule has 156 valence electrons. The average molecular weight is 417 g/mol. The van der Waals surface area contributed by atoms with Gasteiger partial charge in [0, 0.05) is 24.3 Å². The molecule has 0 fully saturated rings. The predicted octanol–water partition coefficient (Wildman–Crippen LogP) is -1.43. The highest BCUT2D eigenvalue weighted by molar-refractivity contribution is 7.80. The summed E-state index contributed by atoms with van der Waals surface area (Å²) in [5.41, 5.74) is 5.31. The lowest BCUT2D eigenvalue weighted by molar-refractivity contribution is -0.144. The van der Waals surface area contributed by atoms with Gasteiger partial charge in [-0.05, 0) is 18.9 Å². The minimum Gasteiger partial charge on any atom is -0.480 e. The Kier molecular flexibility index (Phi) is 12.1. The topological polar surface area (TPSA) is 184 Å². The molecule has 0 bridgehead atoms. The maximum Gasteiger partial charge on any atom is 0.323 e. The molecule has 0 radical (unpaired) electrons. The number of carbonyl (C=O) groups is 6. The van der Waals surface area contributed by atoms with Crippen LogP contribution in [0.3, 0.4) is 0 Å². The Morgan fingerprint density at radius 1 is 1.14 bits per heavy atom. The van der Waals surface area contributed by atoms with Crippen molar-refractivity contribution in [2.45, 2.75) is 37.8 Å². The van der Waals surface area contributed by atoms with E-state index in [0.29, 0.717) is 12.6 Å². The second-order valence-corrected chi connectivity index (χ2v) is 5.97. The number of nitrogens with one attached hydrogen (secondary N) is 1. The van der Waals surface area contributed by atoms with Crippen LogP contribution < -0.4 is 11.1 Å². The van der Waals surface area contributed by atoms with Gasteiger partial charge in [-0.2, -0.15) is 12.6 Å². The number of nitrogens with zero attached hydrogens (tertiary/aromatic N) is 1. The van der Waals surface area contributed by atoms with Gasteiger partial charge in [0.2, 0.25) is 5.91 Å². The minimum absolute atomic E-state index is 0.00318. The molecule has 0 heterocycles. The number of thiol groups is 1. The number of carbonyl (C=O) groups excluding carboxylic acids is 4. The largest absolute Gasteiger partial charge is 0.480 e. The lowest BCUT2D eigenvalue weighted by Gasteiger charge is -2.27. The third kappa shape index (κ3) is 9.28. The number of aliphatic carboxylic acids is 2. The molecule has 0 aliphatic rings. The van der Waals surface area contributed by atoms with E-state index in [4.69, 9.17) is 15.9 Å². The number of carboxylic acids is 2. The molecule has 5 N–H and O–H groups in total. The fraction of sp³-hybridized carbons (Fsp3) is 0.500. The fourth-order valence-corrected chi connectivity index (χ4v) is 2.35. The summed E-state index contributed by atoms with van der Waals surface area (Å²) in [5.74, 6) is -4.34. The van der Waals surface area contributed by atoms with E-state index < -0.39 is 42.4 Å². The highest BCUT2D eigenvalue weighted by Crippen LogP contribution is 2.13. The zero-order valence-corrected chi connectivity index (χ0v) is 15.8. The lowest BCUT2D eigenvalue weighted by atomic mass is 10.1. The Labute approximate surface area is 166 Å². The molecule has 0 aromatic carbocycles. The first-order chi connectivity index (χ1) is 13.2. The number of hydrogen-bond acceptors (Lipinski definition) is 8. The van der Waals surface area contributed by atoms with Crippen molar-refractivity contribution in [1.29, 1.82) is 0 Å². The number of carboxylic acid groups (broad SMARTS) is 2. The van der Waals surface area contributed by atoms with Crippen molar-refractivity contribution in [2.24, 2.45) is 5.73 Å². The monoisotopic (exact) mass is 417 g/mol. The summed E-state index contributed by atoms with van der Waals surface area (Å²) >= 11 is 3.97. The van der Waals surface area contributed by atoms with Gasteiger partial charge in [-0.25, -0.2) is 0 Å². The number of aldehydes is 2. The van der Waals surface area contributed by atoms with Gasteiger partial charge in [-0.1, -0.05) is 0 Å². The van der Waals surface area contributed by atoms with Crippen LogP contribution in [0.4, 0.5) is 0 Å². The van der Waals surface area contributed by atoms with Gasteiger partial charge in [-0.15, -0.1) is 0 Å². The van der Waals surface area contributed by atoms with E-state index in [1.54, 1.807) is 0 Å². The van der Waals surface area contributed by atoms with Gasteiger partial charge in [0.1, 0.15) is 31.2 Å². The summed E-state index contributed by atoms with van der Waals surface area (Å²) in [6.07, 6.45) is 1.33. The second-order valence-electron chi connectivity index (χ2n) is 5.60. The molecule has 0 rings (SSSR count). The van der Waals surface area contributed by atoms with Crippen molar-refractivity contribution in [1.82, 2.24) is 10.2 Å². The Morgan fingerprint density at radius 3 is 2.25 bits per heavy atom. The first-order valence-electron chi connectivity index (χ1n) is 8.17. The third-order valence-electron chi connectivity index (χ3n) is 3.50. The van der Waals surface area contributed by atoms with Gasteiger partial charge >= 0.3 is 11.9 Å². The van der Waals surface area contributed by atoms with Crippen LogP contribution in [-0.2, 0) is 28.8 Å². The van der Waals surface area contributed by atoms with Crippen LogP contribution in [0.2, 0.25) is 0 Å². The summed E-state index contributed by atoms with van der Waals surface area (Å²) in [6, 6.07) is -2.48. The number of allylic oxidation sites excluding steroid dienone is 2. The molecule has 0 spiro atoms. The van der Waals surface area contributed by atoms with E-state index in [0.717, 1.165) is 11.0 Å². The predicted molar refractivity (Wildman–Crippen MR) is 99.4 cm³/mol. The zero-order chi connectivity index (χ0) is 21.7. The quantitative estimate of drug-likeness (QED) is 0.128. The Balaban J connectivity index is 5.32. The third-order valence-corrected chi connectivity index (χ3v) is 3.87. The van der Waals surface area contributed by atoms with Gasteiger partial charge < -0.3 is 31.0 Å². The maximum atomic E-state index is 12.7. The summed E-state index contributed by atoms with van der Waals surface area (Å²) in [7, 11) is 0. The van der Waals surface area contributed by atoms with E-state index in [1.807, 2.05) is 0 Å². The molecule has 11 nitrogen and oxygen atoms in total. The Bertz CT molecular complexity index is 637. The first-order valence-corrected chi connectivity index (χ1v) is 8.80.